The summed E-state index contributed by atoms with van der Waals surface area (Å²) >= 11 is 0. The number of methoxy groups -OCH3 is 1. The number of carbonyl (C=O) groups is 3. The molecule has 2 N–H and O–H groups in total. The Morgan fingerprint density at radius 2 is 1.81 bits per heavy atom. The van der Waals surface area contributed by atoms with Crippen molar-refractivity contribution in [2.24, 2.45) is 17.8 Å². The number of Topliss-reactive ketones (excluding diaryl/α,β-unsaturated/α-hetero) is 1. The average Bonchev–Trinajstić information content (AvgIpc) is 3.76. The molecule has 0 radical (unpaired) electrons. The van der Waals surface area contributed by atoms with Gasteiger partial charge in [0.2, 0.25) is 0 Å². The summed E-state index contributed by atoms with van der Waals surface area (Å²) in [5.74, 6) is -3.18. The third-order valence-electron chi connectivity index (χ3n) is 12.3. The molecule has 5 heterocycles. The second-order valence-corrected chi connectivity index (χ2v) is 17.0. The Labute approximate surface area is 337 Å². The summed E-state index contributed by atoms with van der Waals surface area (Å²) < 4.78 is 33.2. The molecular weight excluding hydrogens is 734 g/mol. The van der Waals surface area contributed by atoms with Crippen LogP contribution >= 0.6 is 0 Å². The molecule has 0 aromatic carbocycles. The van der Waals surface area contributed by atoms with E-state index in [2.05, 4.69) is 27.5 Å². The van der Waals surface area contributed by atoms with Gasteiger partial charge in [-0.05, 0) is 99.0 Å². The van der Waals surface area contributed by atoms with Gasteiger partial charge in [-0.15, -0.1) is 5.10 Å². The van der Waals surface area contributed by atoms with Crippen molar-refractivity contribution >= 4 is 17.8 Å². The first-order valence-corrected chi connectivity index (χ1v) is 20.4. The number of rotatable bonds is 10. The predicted octanol–water partition coefficient (Wildman–Crippen LogP) is 3.71. The maximum Gasteiger partial charge on any atom is 0.410 e. The number of aryl methyl sites for hydroxylation is 1. The largest absolute Gasteiger partial charge is 0.458 e. The summed E-state index contributed by atoms with van der Waals surface area (Å²) in [5, 5.41) is 23.6. The second kappa shape index (κ2) is 18.6. The van der Waals surface area contributed by atoms with Crippen molar-refractivity contribution in [3.8, 4) is 11.4 Å². The van der Waals surface area contributed by atoms with Crippen LogP contribution in [0.5, 0.6) is 0 Å². The Kier molecular flexibility index (Phi) is 14.5. The lowest BCUT2D eigenvalue weighted by Crippen LogP contribution is -2.61. The number of ketones is 1. The summed E-state index contributed by atoms with van der Waals surface area (Å²) in [4.78, 5) is 50.2. The number of esters is 1. The highest BCUT2D eigenvalue weighted by Crippen LogP contribution is 2.40. The molecule has 1 amide bonds. The fourth-order valence-electron chi connectivity index (χ4n) is 9.10. The maximum absolute atomic E-state index is 14.4. The summed E-state index contributed by atoms with van der Waals surface area (Å²) in [6, 6.07) is 4.53. The van der Waals surface area contributed by atoms with E-state index in [0.717, 1.165) is 5.69 Å². The SMILES string of the molecule is CC[C@H]1OC(=O)[C@H](C)C(=O)[C@H](C)[C@@H](O[C@@H]2O[C@H](C)CC(N(C)C)C2O)[C@](C)(OC)C[C@@H](C)CN[C@H](C)[C@H]2N(CCCn3cc(-c4ccccn4)nn3)C(=O)O[C@]12C. The average molecular weight is 800 g/mol. The number of aliphatic hydroxyl groups is 1. The molecule has 0 bridgehead atoms. The van der Waals surface area contributed by atoms with Gasteiger partial charge >= 0.3 is 12.1 Å². The lowest BCUT2D eigenvalue weighted by molar-refractivity contribution is -0.295. The molecular formula is C41H65N7O9. The van der Waals surface area contributed by atoms with Crippen LogP contribution in [0.1, 0.15) is 81.1 Å². The van der Waals surface area contributed by atoms with E-state index in [1.54, 1.807) is 29.8 Å². The minimum Gasteiger partial charge on any atom is -0.458 e. The molecule has 2 aromatic rings. The summed E-state index contributed by atoms with van der Waals surface area (Å²) in [6.45, 7) is 16.2. The number of ether oxygens (including phenoxy) is 5. The number of cyclic esters (lactones) is 1. The molecule has 3 fully saturated rings. The number of aromatic nitrogens is 4. The monoisotopic (exact) mass is 799 g/mol. The van der Waals surface area contributed by atoms with E-state index in [1.165, 1.54) is 6.92 Å². The lowest BCUT2D eigenvalue weighted by Gasteiger charge is -2.46. The molecule has 13 atom stereocenters. The van der Waals surface area contributed by atoms with Crippen LogP contribution in [0.2, 0.25) is 0 Å². The van der Waals surface area contributed by atoms with E-state index >= 15 is 0 Å². The highest BCUT2D eigenvalue weighted by Gasteiger charge is 2.58. The van der Waals surface area contributed by atoms with Crippen LogP contribution in [0.3, 0.4) is 0 Å². The molecule has 3 aliphatic heterocycles. The van der Waals surface area contributed by atoms with E-state index in [1.807, 2.05) is 78.0 Å². The molecule has 16 heteroatoms. The van der Waals surface area contributed by atoms with E-state index in [0.29, 0.717) is 51.0 Å². The third-order valence-corrected chi connectivity index (χ3v) is 12.3. The molecule has 5 rings (SSSR count). The Balaban J connectivity index is 1.41. The van der Waals surface area contributed by atoms with Crippen molar-refractivity contribution in [1.29, 1.82) is 0 Å². The number of fused-ring (bicyclic) bond motifs is 1. The number of pyridine rings is 1. The van der Waals surface area contributed by atoms with E-state index in [-0.39, 0.29) is 24.1 Å². The number of hydrogen-bond acceptors (Lipinski definition) is 14. The van der Waals surface area contributed by atoms with Gasteiger partial charge in [0.05, 0.1) is 35.7 Å². The highest BCUT2D eigenvalue weighted by molar-refractivity contribution is 6.00. The van der Waals surface area contributed by atoms with Crippen LogP contribution in [0.25, 0.3) is 11.4 Å². The molecule has 16 nitrogen and oxygen atoms in total. The molecule has 2 unspecified atom stereocenters. The summed E-state index contributed by atoms with van der Waals surface area (Å²) in [6.07, 6.45) is 0.990. The van der Waals surface area contributed by atoms with Crippen LogP contribution < -0.4 is 5.32 Å². The van der Waals surface area contributed by atoms with Crippen LogP contribution in [-0.2, 0) is 39.8 Å². The van der Waals surface area contributed by atoms with Gasteiger partial charge in [-0.1, -0.05) is 32.1 Å². The van der Waals surface area contributed by atoms with Crippen LogP contribution in [0.4, 0.5) is 4.79 Å². The maximum atomic E-state index is 14.4. The minimum atomic E-state index is -1.24. The molecule has 0 aliphatic carbocycles. The third kappa shape index (κ3) is 9.68. The fraction of sp³-hybridized carbons (Fsp3) is 0.756. The molecule has 3 aliphatic rings. The van der Waals surface area contributed by atoms with E-state index < -0.39 is 71.5 Å². The van der Waals surface area contributed by atoms with Crippen molar-refractivity contribution in [3.05, 3.63) is 30.6 Å². The van der Waals surface area contributed by atoms with Crippen molar-refractivity contribution < 1.29 is 43.2 Å². The Hall–Kier alpha value is -3.54. The van der Waals surface area contributed by atoms with Crippen LogP contribution in [-0.4, -0.2) is 147 Å². The number of nitrogens with zero attached hydrogens (tertiary/aromatic N) is 6. The Bertz CT molecular complexity index is 1660. The highest BCUT2D eigenvalue weighted by atomic mass is 16.7. The molecule has 57 heavy (non-hydrogen) atoms. The smallest absolute Gasteiger partial charge is 0.410 e. The van der Waals surface area contributed by atoms with Gasteiger partial charge in [0.25, 0.3) is 0 Å². The van der Waals surface area contributed by atoms with Gasteiger partial charge in [0, 0.05) is 44.4 Å². The minimum absolute atomic E-state index is 0.0165. The van der Waals surface area contributed by atoms with Crippen molar-refractivity contribution in [3.63, 3.8) is 0 Å². The van der Waals surface area contributed by atoms with Crippen LogP contribution in [0, 0.1) is 17.8 Å². The van der Waals surface area contributed by atoms with Crippen molar-refractivity contribution in [2.45, 2.75) is 148 Å². The summed E-state index contributed by atoms with van der Waals surface area (Å²) in [7, 11) is 5.39. The normalized spacial score (nSPS) is 37.3. The fourth-order valence-corrected chi connectivity index (χ4v) is 9.10. The Morgan fingerprint density at radius 1 is 1.07 bits per heavy atom. The number of likely N-dealkylation sites (N-methyl/N-ethyl adjacent to an activating group) is 1. The van der Waals surface area contributed by atoms with Gasteiger partial charge < -0.3 is 39.0 Å². The first-order valence-electron chi connectivity index (χ1n) is 20.4. The first-order chi connectivity index (χ1) is 26.9. The second-order valence-electron chi connectivity index (χ2n) is 17.0. The molecule has 0 saturated carbocycles. The zero-order valence-corrected chi connectivity index (χ0v) is 35.6. The van der Waals surface area contributed by atoms with E-state index in [9.17, 15) is 19.5 Å². The predicted molar refractivity (Wildman–Crippen MR) is 211 cm³/mol. The van der Waals surface area contributed by atoms with Crippen molar-refractivity contribution in [1.82, 2.24) is 35.1 Å². The topological polar surface area (TPSA) is 180 Å². The van der Waals surface area contributed by atoms with E-state index in [4.69, 9.17) is 23.7 Å². The molecule has 0 spiro atoms. The zero-order chi connectivity index (χ0) is 41.8. The quantitative estimate of drug-likeness (QED) is 0.262. The zero-order valence-electron chi connectivity index (χ0n) is 35.6. The molecule has 3 saturated heterocycles. The lowest BCUT2D eigenvalue weighted by atomic mass is 9.78. The first kappa shape index (κ1) is 44.6. The molecule has 318 valence electrons. The number of nitrogens with one attached hydrogen (secondary N) is 1. The number of hydrogen-bond donors (Lipinski definition) is 2. The van der Waals surface area contributed by atoms with Gasteiger partial charge in [0.15, 0.2) is 17.7 Å². The van der Waals surface area contributed by atoms with Crippen LogP contribution in [0.15, 0.2) is 30.6 Å². The number of amides is 1. The number of carbonyl (C=O) groups excluding carboxylic acids is 3. The van der Waals surface area contributed by atoms with Gasteiger partial charge in [0.1, 0.15) is 23.8 Å². The summed E-state index contributed by atoms with van der Waals surface area (Å²) in [5.41, 5.74) is -0.915. The Morgan fingerprint density at radius 3 is 2.46 bits per heavy atom. The van der Waals surface area contributed by atoms with Crippen molar-refractivity contribution in [2.75, 3.05) is 34.3 Å². The van der Waals surface area contributed by atoms with Gasteiger partial charge in [-0.3, -0.25) is 24.2 Å². The standard InChI is InChI=1S/C41H65N7O9/c1-12-32-41(8)35(48(39(52)57-41)19-15-18-47-23-30(44-45-47)29-16-13-14-17-42-29)28(6)43-22-24(2)21-40(7,53-11)36(26(4)33(49)27(5)37(51)55-32)56-38-34(50)31(46(9)10)20-25(3)54-38/h13-14,16-17,23-28,31-32,34-36,38,43,50H,12,15,18-22H2,1-11H3/t24-,25-,26+,27-,28-,31?,32-,34?,35-,36-,38+,40-,41-/m1/s1. The van der Waals surface area contributed by atoms with Gasteiger partial charge in [-0.25, -0.2) is 4.79 Å². The number of aliphatic hydroxyl groups excluding tert-OH is 1. The molecule has 2 aromatic heterocycles. The van der Waals surface area contributed by atoms with Gasteiger partial charge in [-0.2, -0.15) is 0 Å².